The van der Waals surface area contributed by atoms with E-state index in [4.69, 9.17) is 0 Å². The van der Waals surface area contributed by atoms with Crippen molar-refractivity contribution in [2.45, 2.75) is 71.6 Å². The van der Waals surface area contributed by atoms with Gasteiger partial charge in [-0.2, -0.15) is 0 Å². The van der Waals surface area contributed by atoms with E-state index in [1.165, 1.54) is 89.8 Å². The van der Waals surface area contributed by atoms with Gasteiger partial charge in [0.05, 0.1) is 17.1 Å². The second kappa shape index (κ2) is 9.98. The molecule has 9 rings (SSSR count). The molecule has 2 nitrogen and oxygen atoms in total. The molecule has 6 aromatic rings. The van der Waals surface area contributed by atoms with Crippen molar-refractivity contribution in [3.63, 3.8) is 0 Å². The van der Waals surface area contributed by atoms with Crippen LogP contribution in [0.1, 0.15) is 86.1 Å². The second-order valence-corrected chi connectivity index (χ2v) is 16.1. The summed E-state index contributed by atoms with van der Waals surface area (Å²) in [6.07, 6.45) is 0. The Bertz CT molecular complexity index is 2330. The number of rotatable bonds is 3. The summed E-state index contributed by atoms with van der Waals surface area (Å²) in [4.78, 5) is 5.03. The Morgan fingerprint density at radius 3 is 1.63 bits per heavy atom. The van der Waals surface area contributed by atoms with Crippen molar-refractivity contribution in [2.75, 3.05) is 9.80 Å². The van der Waals surface area contributed by atoms with Crippen LogP contribution in [-0.2, 0) is 16.2 Å². The summed E-state index contributed by atoms with van der Waals surface area (Å²) in [6, 6.07) is 46.1. The van der Waals surface area contributed by atoms with Crippen LogP contribution in [0.5, 0.6) is 0 Å². The molecule has 0 bridgehead atoms. The number of anilines is 6. The minimum atomic E-state index is -0.203. The monoisotopic (exact) mass is 636 g/mol. The van der Waals surface area contributed by atoms with E-state index >= 15 is 0 Å². The van der Waals surface area contributed by atoms with E-state index in [9.17, 15) is 0 Å². The number of fused-ring (bicyclic) bond motifs is 7. The van der Waals surface area contributed by atoms with E-state index in [-0.39, 0.29) is 16.2 Å². The van der Waals surface area contributed by atoms with Crippen LogP contribution in [0.25, 0.3) is 11.1 Å². The van der Waals surface area contributed by atoms with Gasteiger partial charge in [0.1, 0.15) is 0 Å². The smallest absolute Gasteiger partial charge is 0.0543 e. The fraction of sp³-hybridized carbons (Fsp3) is 0.234. The van der Waals surface area contributed by atoms with Crippen molar-refractivity contribution < 1.29 is 0 Å². The molecule has 2 aliphatic heterocycles. The van der Waals surface area contributed by atoms with Crippen LogP contribution in [0.3, 0.4) is 0 Å². The van der Waals surface area contributed by atoms with Crippen molar-refractivity contribution in [1.29, 1.82) is 0 Å². The van der Waals surface area contributed by atoms with Crippen molar-refractivity contribution in [3.05, 3.63) is 166 Å². The van der Waals surface area contributed by atoms with Crippen LogP contribution < -0.4 is 9.80 Å². The van der Waals surface area contributed by atoms with Gasteiger partial charge in [0, 0.05) is 33.3 Å². The highest BCUT2D eigenvalue weighted by Gasteiger charge is 2.45. The molecule has 2 heteroatoms. The highest BCUT2D eigenvalue weighted by Crippen LogP contribution is 2.60. The lowest BCUT2D eigenvalue weighted by Gasteiger charge is -2.49. The third kappa shape index (κ3) is 4.07. The van der Waals surface area contributed by atoms with Gasteiger partial charge in [-0.05, 0) is 118 Å². The van der Waals surface area contributed by atoms with Gasteiger partial charge < -0.3 is 9.80 Å². The van der Waals surface area contributed by atoms with E-state index in [1.54, 1.807) is 0 Å². The van der Waals surface area contributed by atoms with Crippen molar-refractivity contribution in [2.24, 2.45) is 0 Å². The van der Waals surface area contributed by atoms with Crippen molar-refractivity contribution >= 4 is 34.1 Å². The highest BCUT2D eigenvalue weighted by atomic mass is 15.2. The maximum atomic E-state index is 2.55. The van der Waals surface area contributed by atoms with Crippen molar-refractivity contribution in [3.8, 4) is 11.1 Å². The molecule has 0 unspecified atom stereocenters. The number of aryl methyl sites for hydroxylation is 2. The summed E-state index contributed by atoms with van der Waals surface area (Å²) >= 11 is 0. The molecule has 0 N–H and O–H groups in total. The zero-order chi connectivity index (χ0) is 34.0. The first-order valence-corrected chi connectivity index (χ1v) is 17.7. The van der Waals surface area contributed by atoms with Gasteiger partial charge in [-0.15, -0.1) is 0 Å². The molecule has 0 spiro atoms. The van der Waals surface area contributed by atoms with Crippen molar-refractivity contribution in [1.82, 2.24) is 0 Å². The first-order valence-electron chi connectivity index (χ1n) is 17.7. The molecule has 0 saturated carbocycles. The first-order chi connectivity index (χ1) is 23.4. The summed E-state index contributed by atoms with van der Waals surface area (Å²) in [6.45, 7) is 18.7. The number of hydrogen-bond acceptors (Lipinski definition) is 2. The van der Waals surface area contributed by atoms with E-state index in [0.717, 1.165) is 0 Å². The third-order valence-corrected chi connectivity index (χ3v) is 11.9. The standard InChI is InChI=1S/C47H44N2/c1-29-24-30(2)26-33(25-29)48(31-20-22-35-34-14-9-10-15-36(34)45(3,4)40(35)27-31)32-21-23-43-41(28-32)47(7,8)39-18-13-17-38-44(39)49(43)42-19-12-11-16-37(42)46(38,5)6/h9-28H,1-8H3. The van der Waals surface area contributed by atoms with Gasteiger partial charge >= 0.3 is 0 Å². The number of nitrogens with zero attached hydrogens (tertiary/aromatic N) is 2. The molecule has 3 aliphatic rings. The molecule has 1 aliphatic carbocycles. The fourth-order valence-electron chi connectivity index (χ4n) is 9.37. The highest BCUT2D eigenvalue weighted by molar-refractivity contribution is 5.94. The predicted molar refractivity (Wildman–Crippen MR) is 207 cm³/mol. The van der Waals surface area contributed by atoms with E-state index in [2.05, 4.69) is 187 Å². The maximum absolute atomic E-state index is 2.55. The molecule has 242 valence electrons. The topological polar surface area (TPSA) is 6.48 Å². The van der Waals surface area contributed by atoms with Crippen LogP contribution in [0, 0.1) is 13.8 Å². The lowest BCUT2D eigenvalue weighted by molar-refractivity contribution is 0.597. The summed E-state index contributed by atoms with van der Waals surface area (Å²) in [7, 11) is 0. The zero-order valence-corrected chi connectivity index (χ0v) is 29.9. The normalized spacial score (nSPS) is 16.6. The Balaban J connectivity index is 1.27. The quantitative estimate of drug-likeness (QED) is 0.191. The van der Waals surface area contributed by atoms with Gasteiger partial charge in [-0.25, -0.2) is 0 Å². The van der Waals surface area contributed by atoms with Crippen LogP contribution in [-0.4, -0.2) is 0 Å². The Morgan fingerprint density at radius 1 is 0.408 bits per heavy atom. The number of benzene rings is 6. The summed E-state index contributed by atoms with van der Waals surface area (Å²) in [5.74, 6) is 0. The average molecular weight is 637 g/mol. The molecular formula is C47H44N2. The Labute approximate surface area is 291 Å². The molecular weight excluding hydrogens is 593 g/mol. The average Bonchev–Trinajstić information content (AvgIpc) is 3.30. The minimum Gasteiger partial charge on any atom is -0.310 e. The Morgan fingerprint density at radius 2 is 0.918 bits per heavy atom. The van der Waals surface area contributed by atoms with Crippen LogP contribution >= 0.6 is 0 Å². The zero-order valence-electron chi connectivity index (χ0n) is 29.9. The lowest BCUT2D eigenvalue weighted by atomic mass is 9.66. The van der Waals surface area contributed by atoms with Gasteiger partial charge in [0.15, 0.2) is 0 Å². The maximum Gasteiger partial charge on any atom is 0.0543 e. The summed E-state index contributed by atoms with van der Waals surface area (Å²) in [5.41, 5.74) is 20.6. The van der Waals surface area contributed by atoms with Crippen LogP contribution in [0.4, 0.5) is 34.1 Å². The molecule has 0 atom stereocenters. The Kier molecular flexibility index (Phi) is 6.11. The molecule has 0 radical (unpaired) electrons. The van der Waals surface area contributed by atoms with Gasteiger partial charge in [0.25, 0.3) is 0 Å². The molecule has 0 amide bonds. The molecule has 49 heavy (non-hydrogen) atoms. The minimum absolute atomic E-state index is 0.0786. The molecule has 0 aromatic heterocycles. The predicted octanol–water partition coefficient (Wildman–Crippen LogP) is 12.8. The van der Waals surface area contributed by atoms with Gasteiger partial charge in [0.2, 0.25) is 0 Å². The van der Waals surface area contributed by atoms with E-state index < -0.39 is 0 Å². The number of para-hydroxylation sites is 2. The largest absolute Gasteiger partial charge is 0.310 e. The summed E-state index contributed by atoms with van der Waals surface area (Å²) in [5, 5.41) is 0. The van der Waals surface area contributed by atoms with Crippen LogP contribution in [0.15, 0.2) is 121 Å². The Hall–Kier alpha value is -5.08. The van der Waals surface area contributed by atoms with E-state index in [0.29, 0.717) is 0 Å². The first kappa shape index (κ1) is 30.0. The SMILES string of the molecule is Cc1cc(C)cc(N(c2ccc3c(c2)C(C)(C)c2ccccc2-3)c2ccc3c(c2)C(C)(C)c2cccc4c2N3c2ccccc2C4(C)C)c1. The fourth-order valence-corrected chi connectivity index (χ4v) is 9.37. The molecule has 0 saturated heterocycles. The van der Waals surface area contributed by atoms with Crippen LogP contribution in [0.2, 0.25) is 0 Å². The number of hydrogen-bond donors (Lipinski definition) is 0. The summed E-state index contributed by atoms with van der Waals surface area (Å²) < 4.78 is 0. The van der Waals surface area contributed by atoms with Gasteiger partial charge in [-0.3, -0.25) is 0 Å². The third-order valence-electron chi connectivity index (χ3n) is 11.9. The van der Waals surface area contributed by atoms with Gasteiger partial charge in [-0.1, -0.05) is 114 Å². The molecule has 6 aromatic carbocycles. The second-order valence-electron chi connectivity index (χ2n) is 16.1. The molecule has 2 heterocycles. The molecule has 0 fully saturated rings. The lowest BCUT2D eigenvalue weighted by Crippen LogP contribution is -2.38. The van der Waals surface area contributed by atoms with E-state index in [1.807, 2.05) is 0 Å².